The molecule has 0 radical (unpaired) electrons. The van der Waals surface area contributed by atoms with Crippen LogP contribution in [-0.4, -0.2) is 71.2 Å². The van der Waals surface area contributed by atoms with E-state index in [4.69, 9.17) is 9.47 Å². The first kappa shape index (κ1) is 18.1. The highest BCUT2D eigenvalue weighted by molar-refractivity contribution is 5.79. The fourth-order valence-electron chi connectivity index (χ4n) is 3.37. The fourth-order valence-corrected chi connectivity index (χ4v) is 3.37. The second-order valence-electron chi connectivity index (χ2n) is 6.77. The van der Waals surface area contributed by atoms with Crippen molar-refractivity contribution in [1.82, 2.24) is 25.0 Å². The molecule has 1 unspecified atom stereocenters. The van der Waals surface area contributed by atoms with E-state index in [1.165, 1.54) is 12.8 Å². The summed E-state index contributed by atoms with van der Waals surface area (Å²) >= 11 is 0. The lowest BCUT2D eigenvalue weighted by atomic mass is 10.1. The lowest BCUT2D eigenvalue weighted by molar-refractivity contribution is -0.0721. The van der Waals surface area contributed by atoms with Crippen molar-refractivity contribution >= 4 is 5.96 Å². The number of ether oxygens (including phenoxy) is 2. The Balaban J connectivity index is 1.38. The minimum Gasteiger partial charge on any atom is -0.376 e. The van der Waals surface area contributed by atoms with Gasteiger partial charge in [0.2, 0.25) is 0 Å². The number of likely N-dealkylation sites (tertiary alicyclic amines) is 1. The number of nitrogens with zero attached hydrogens (tertiary/aromatic N) is 5. The van der Waals surface area contributed by atoms with Gasteiger partial charge in [-0.3, -0.25) is 4.99 Å². The lowest BCUT2D eigenvalue weighted by Crippen LogP contribution is -2.47. The van der Waals surface area contributed by atoms with Crippen molar-refractivity contribution in [1.29, 1.82) is 0 Å². The molecule has 2 aliphatic heterocycles. The Bertz CT molecular complexity index is 547. The quantitative estimate of drug-likeness (QED) is 0.629. The van der Waals surface area contributed by atoms with E-state index in [2.05, 4.69) is 25.4 Å². The Morgan fingerprint density at radius 3 is 2.84 bits per heavy atom. The first-order valence-corrected chi connectivity index (χ1v) is 9.28. The molecular formula is C17H30N6O2. The third-order valence-electron chi connectivity index (χ3n) is 4.95. The monoisotopic (exact) mass is 350 g/mol. The van der Waals surface area contributed by atoms with Crippen molar-refractivity contribution < 1.29 is 9.47 Å². The smallest absolute Gasteiger partial charge is 0.194 e. The normalized spacial score (nSPS) is 23.0. The van der Waals surface area contributed by atoms with Crippen LogP contribution in [0.25, 0.3) is 0 Å². The molecule has 140 valence electrons. The number of rotatable bonds is 5. The predicted molar refractivity (Wildman–Crippen MR) is 95.3 cm³/mol. The summed E-state index contributed by atoms with van der Waals surface area (Å²) < 4.78 is 13.7. The number of nitrogens with one attached hydrogen (secondary N) is 1. The lowest BCUT2D eigenvalue weighted by Gasteiger charge is -2.35. The van der Waals surface area contributed by atoms with Crippen molar-refractivity contribution in [3.63, 3.8) is 0 Å². The van der Waals surface area contributed by atoms with E-state index in [-0.39, 0.29) is 0 Å². The SMILES string of the molecule is CN=C(NCc1nncn1C)N1CCC(OCC2CCCCO2)CC1. The molecule has 0 spiro atoms. The molecule has 1 N–H and O–H groups in total. The van der Waals surface area contributed by atoms with Gasteiger partial charge in [-0.1, -0.05) is 0 Å². The zero-order valence-corrected chi connectivity index (χ0v) is 15.4. The molecule has 0 saturated carbocycles. The van der Waals surface area contributed by atoms with Crippen molar-refractivity contribution in [3.8, 4) is 0 Å². The third-order valence-corrected chi connectivity index (χ3v) is 4.95. The fraction of sp³-hybridized carbons (Fsp3) is 0.824. The number of guanidine groups is 1. The minimum absolute atomic E-state index is 0.299. The van der Waals surface area contributed by atoms with Crippen LogP contribution in [0.3, 0.4) is 0 Å². The summed E-state index contributed by atoms with van der Waals surface area (Å²) in [7, 11) is 3.76. The molecule has 0 bridgehead atoms. The van der Waals surface area contributed by atoms with Crippen LogP contribution in [0, 0.1) is 0 Å². The Kier molecular flexibility index (Phi) is 6.63. The number of aromatic nitrogens is 3. The van der Waals surface area contributed by atoms with Crippen molar-refractivity contribution in [2.75, 3.05) is 33.4 Å². The highest BCUT2D eigenvalue weighted by atomic mass is 16.5. The van der Waals surface area contributed by atoms with Gasteiger partial charge in [0, 0.05) is 33.8 Å². The molecule has 2 fully saturated rings. The van der Waals surface area contributed by atoms with Crippen LogP contribution in [0.4, 0.5) is 0 Å². The molecule has 8 nitrogen and oxygen atoms in total. The van der Waals surface area contributed by atoms with Crippen LogP contribution in [-0.2, 0) is 23.1 Å². The Morgan fingerprint density at radius 2 is 2.20 bits per heavy atom. The van der Waals surface area contributed by atoms with Crippen LogP contribution in [0.1, 0.15) is 37.9 Å². The number of hydrogen-bond acceptors (Lipinski definition) is 5. The van der Waals surface area contributed by atoms with E-state index in [0.717, 1.165) is 57.3 Å². The highest BCUT2D eigenvalue weighted by Gasteiger charge is 2.23. The van der Waals surface area contributed by atoms with Gasteiger partial charge in [-0.2, -0.15) is 0 Å². The maximum absolute atomic E-state index is 6.09. The Hall–Kier alpha value is -1.67. The predicted octanol–water partition coefficient (Wildman–Crippen LogP) is 0.941. The molecule has 2 aliphatic rings. The number of hydrogen-bond donors (Lipinski definition) is 1. The summed E-state index contributed by atoms with van der Waals surface area (Å²) in [6.07, 6.45) is 7.98. The van der Waals surface area contributed by atoms with Gasteiger partial charge in [-0.15, -0.1) is 10.2 Å². The molecule has 25 heavy (non-hydrogen) atoms. The minimum atomic E-state index is 0.299. The van der Waals surface area contributed by atoms with Gasteiger partial charge < -0.3 is 24.3 Å². The maximum Gasteiger partial charge on any atom is 0.194 e. The van der Waals surface area contributed by atoms with Gasteiger partial charge in [0.15, 0.2) is 11.8 Å². The second-order valence-corrected chi connectivity index (χ2v) is 6.77. The molecular weight excluding hydrogens is 320 g/mol. The highest BCUT2D eigenvalue weighted by Crippen LogP contribution is 2.18. The van der Waals surface area contributed by atoms with E-state index in [0.29, 0.717) is 18.8 Å². The van der Waals surface area contributed by atoms with Gasteiger partial charge in [0.25, 0.3) is 0 Å². The Labute approximate surface area is 149 Å². The zero-order chi connectivity index (χ0) is 17.5. The van der Waals surface area contributed by atoms with Gasteiger partial charge in [-0.05, 0) is 32.1 Å². The van der Waals surface area contributed by atoms with Gasteiger partial charge in [0.05, 0.1) is 25.4 Å². The largest absolute Gasteiger partial charge is 0.376 e. The molecule has 1 aromatic heterocycles. The van der Waals surface area contributed by atoms with E-state index < -0.39 is 0 Å². The number of aliphatic imine (C=N–C) groups is 1. The van der Waals surface area contributed by atoms with Gasteiger partial charge >= 0.3 is 0 Å². The summed E-state index contributed by atoms with van der Waals surface area (Å²) in [5.41, 5.74) is 0. The van der Waals surface area contributed by atoms with E-state index in [9.17, 15) is 0 Å². The molecule has 3 heterocycles. The van der Waals surface area contributed by atoms with Crippen molar-refractivity contribution in [2.24, 2.45) is 12.0 Å². The van der Waals surface area contributed by atoms with Crippen molar-refractivity contribution in [3.05, 3.63) is 12.2 Å². The standard InChI is InChI=1S/C17H30N6O2/c1-18-17(19-11-16-21-20-13-22(16)2)23-8-6-14(7-9-23)25-12-15-5-3-4-10-24-15/h13-15H,3-12H2,1-2H3,(H,18,19). The van der Waals surface area contributed by atoms with Crippen molar-refractivity contribution in [2.45, 2.75) is 50.9 Å². The summed E-state index contributed by atoms with van der Waals surface area (Å²) in [6.45, 7) is 4.16. The van der Waals surface area contributed by atoms with Crippen LogP contribution in [0.2, 0.25) is 0 Å². The molecule has 1 atom stereocenters. The molecule has 8 heteroatoms. The molecule has 2 saturated heterocycles. The van der Waals surface area contributed by atoms with E-state index in [1.54, 1.807) is 6.33 Å². The van der Waals surface area contributed by atoms with Crippen LogP contribution >= 0.6 is 0 Å². The average Bonchev–Trinajstić information content (AvgIpc) is 3.07. The molecule has 0 aromatic carbocycles. The molecule has 0 amide bonds. The summed E-state index contributed by atoms with van der Waals surface area (Å²) in [6, 6.07) is 0. The Morgan fingerprint density at radius 1 is 1.36 bits per heavy atom. The van der Waals surface area contributed by atoms with Crippen LogP contribution in [0.5, 0.6) is 0 Å². The summed E-state index contributed by atoms with van der Waals surface area (Å²) in [5.74, 6) is 1.81. The first-order valence-electron chi connectivity index (χ1n) is 9.28. The van der Waals surface area contributed by atoms with E-state index >= 15 is 0 Å². The van der Waals surface area contributed by atoms with Crippen LogP contribution < -0.4 is 5.32 Å². The topological polar surface area (TPSA) is 76.8 Å². The number of aryl methyl sites for hydroxylation is 1. The van der Waals surface area contributed by atoms with Gasteiger partial charge in [0.1, 0.15) is 6.33 Å². The van der Waals surface area contributed by atoms with Crippen LogP contribution in [0.15, 0.2) is 11.3 Å². The zero-order valence-electron chi connectivity index (χ0n) is 15.4. The van der Waals surface area contributed by atoms with Gasteiger partial charge in [-0.25, -0.2) is 0 Å². The maximum atomic E-state index is 6.09. The molecule has 3 rings (SSSR count). The van der Waals surface area contributed by atoms with E-state index in [1.807, 2.05) is 18.7 Å². The average molecular weight is 350 g/mol. The third kappa shape index (κ3) is 5.15. The number of piperidine rings is 1. The summed E-state index contributed by atoms with van der Waals surface area (Å²) in [5, 5.41) is 11.4. The first-order chi connectivity index (χ1) is 12.3. The molecule has 1 aromatic rings. The second kappa shape index (κ2) is 9.15. The molecule has 0 aliphatic carbocycles. The summed E-state index contributed by atoms with van der Waals surface area (Å²) in [4.78, 5) is 6.68.